The van der Waals surface area contributed by atoms with Gasteiger partial charge in [0.15, 0.2) is 0 Å². The highest BCUT2D eigenvalue weighted by molar-refractivity contribution is 7.18. The third-order valence-electron chi connectivity index (χ3n) is 2.43. The van der Waals surface area contributed by atoms with Gasteiger partial charge in [-0.15, -0.1) is 11.3 Å². The Morgan fingerprint density at radius 2 is 2.47 bits per heavy atom. The number of ether oxygens (including phenoxy) is 1. The van der Waals surface area contributed by atoms with Crippen molar-refractivity contribution in [2.24, 2.45) is 0 Å². The monoisotopic (exact) mass is 245 g/mol. The lowest BCUT2D eigenvalue weighted by molar-refractivity contribution is 0.0894. The molecule has 0 spiro atoms. The van der Waals surface area contributed by atoms with Crippen LogP contribution >= 0.6 is 22.9 Å². The maximum absolute atomic E-state index is 11.8. The Bertz CT molecular complexity index is 371. The van der Waals surface area contributed by atoms with Gasteiger partial charge in [-0.1, -0.05) is 11.6 Å². The molecule has 2 rings (SSSR count). The molecule has 3 nitrogen and oxygen atoms in total. The summed E-state index contributed by atoms with van der Waals surface area (Å²) in [6.07, 6.45) is 0.859. The molecule has 0 aromatic carbocycles. The van der Waals surface area contributed by atoms with Crippen molar-refractivity contribution in [1.82, 2.24) is 5.32 Å². The fourth-order valence-electron chi connectivity index (χ4n) is 1.54. The second-order valence-corrected chi connectivity index (χ2v) is 5.64. The average molecular weight is 246 g/mol. The van der Waals surface area contributed by atoms with Crippen molar-refractivity contribution in [3.8, 4) is 0 Å². The van der Waals surface area contributed by atoms with Crippen molar-refractivity contribution in [2.75, 3.05) is 13.2 Å². The molecule has 1 N–H and O–H groups in total. The van der Waals surface area contributed by atoms with Crippen molar-refractivity contribution < 1.29 is 9.53 Å². The summed E-state index contributed by atoms with van der Waals surface area (Å²) in [5.41, 5.74) is -0.229. The van der Waals surface area contributed by atoms with E-state index in [1.165, 1.54) is 11.3 Å². The van der Waals surface area contributed by atoms with Gasteiger partial charge >= 0.3 is 0 Å². The van der Waals surface area contributed by atoms with E-state index in [1.54, 1.807) is 12.1 Å². The number of nitrogens with one attached hydrogen (secondary N) is 1. The summed E-state index contributed by atoms with van der Waals surface area (Å²) >= 11 is 7.06. The van der Waals surface area contributed by atoms with Crippen molar-refractivity contribution in [3.63, 3.8) is 0 Å². The van der Waals surface area contributed by atoms with Gasteiger partial charge in [0.2, 0.25) is 0 Å². The Hall–Kier alpha value is -0.580. The molecule has 1 amide bonds. The van der Waals surface area contributed by atoms with E-state index in [-0.39, 0.29) is 11.4 Å². The Kier molecular flexibility index (Phi) is 3.00. The topological polar surface area (TPSA) is 38.3 Å². The molecule has 5 heteroatoms. The fraction of sp³-hybridized carbons (Fsp3) is 0.500. The maximum Gasteiger partial charge on any atom is 0.261 e. The van der Waals surface area contributed by atoms with E-state index in [0.29, 0.717) is 22.4 Å². The van der Waals surface area contributed by atoms with Gasteiger partial charge in [-0.25, -0.2) is 0 Å². The number of thiophene rings is 1. The SMILES string of the molecule is C[C@]1(NC(=O)c2ccc(Cl)s2)CCOC1. The number of amides is 1. The summed E-state index contributed by atoms with van der Waals surface area (Å²) in [4.78, 5) is 12.5. The molecule has 0 unspecified atom stereocenters. The molecule has 1 fully saturated rings. The number of halogens is 1. The highest BCUT2D eigenvalue weighted by Gasteiger charge is 2.31. The van der Waals surface area contributed by atoms with E-state index in [4.69, 9.17) is 16.3 Å². The lowest BCUT2D eigenvalue weighted by Crippen LogP contribution is -2.46. The van der Waals surface area contributed by atoms with Crippen molar-refractivity contribution in [1.29, 1.82) is 0 Å². The van der Waals surface area contributed by atoms with E-state index in [0.717, 1.165) is 6.42 Å². The van der Waals surface area contributed by atoms with Crippen molar-refractivity contribution in [2.45, 2.75) is 18.9 Å². The molecule has 2 heterocycles. The Balaban J connectivity index is 2.03. The average Bonchev–Trinajstić information content (AvgIpc) is 2.75. The zero-order valence-corrected chi connectivity index (χ0v) is 9.95. The summed E-state index contributed by atoms with van der Waals surface area (Å²) in [7, 11) is 0. The second kappa shape index (κ2) is 4.12. The maximum atomic E-state index is 11.8. The van der Waals surface area contributed by atoms with Crippen LogP contribution in [-0.4, -0.2) is 24.7 Å². The molecule has 15 heavy (non-hydrogen) atoms. The van der Waals surface area contributed by atoms with E-state index < -0.39 is 0 Å². The van der Waals surface area contributed by atoms with Gasteiger partial charge in [-0.3, -0.25) is 4.79 Å². The first-order valence-corrected chi connectivity index (χ1v) is 5.94. The standard InChI is InChI=1S/C10H12ClNO2S/c1-10(4-5-14-6-10)12-9(13)7-2-3-8(11)15-7/h2-3H,4-6H2,1H3,(H,12,13)/t10-/m0/s1. The number of hydrogen-bond donors (Lipinski definition) is 1. The van der Waals surface area contributed by atoms with Gasteiger partial charge < -0.3 is 10.1 Å². The molecule has 1 aromatic heterocycles. The third-order valence-corrected chi connectivity index (χ3v) is 3.66. The molecular formula is C10H12ClNO2S. The van der Waals surface area contributed by atoms with Crippen LogP contribution in [0.4, 0.5) is 0 Å². The number of hydrogen-bond acceptors (Lipinski definition) is 3. The van der Waals surface area contributed by atoms with Crippen molar-refractivity contribution >= 4 is 28.8 Å². The van der Waals surface area contributed by atoms with E-state index in [9.17, 15) is 4.79 Å². The third kappa shape index (κ3) is 2.51. The molecule has 1 aliphatic heterocycles. The Morgan fingerprint density at radius 3 is 3.00 bits per heavy atom. The van der Waals surface area contributed by atoms with Gasteiger partial charge in [-0.2, -0.15) is 0 Å². The zero-order valence-electron chi connectivity index (χ0n) is 8.38. The minimum absolute atomic E-state index is 0.0695. The van der Waals surface area contributed by atoms with Crippen LogP contribution in [0.2, 0.25) is 4.34 Å². The lowest BCUT2D eigenvalue weighted by Gasteiger charge is -2.22. The fourth-order valence-corrected chi connectivity index (χ4v) is 2.48. The molecule has 0 aliphatic carbocycles. The summed E-state index contributed by atoms with van der Waals surface area (Å²) < 4.78 is 5.90. The number of rotatable bonds is 2. The Labute approximate surface area is 97.4 Å². The predicted octanol–water partition coefficient (Wildman–Crippen LogP) is 2.31. The van der Waals surface area contributed by atoms with Crippen LogP contribution in [0.1, 0.15) is 23.0 Å². The lowest BCUT2D eigenvalue weighted by atomic mass is 10.0. The Morgan fingerprint density at radius 1 is 1.67 bits per heavy atom. The minimum atomic E-state index is -0.229. The molecule has 1 atom stereocenters. The highest BCUT2D eigenvalue weighted by atomic mass is 35.5. The predicted molar refractivity (Wildman–Crippen MR) is 60.6 cm³/mol. The van der Waals surface area contributed by atoms with Crippen LogP contribution in [0.5, 0.6) is 0 Å². The summed E-state index contributed by atoms with van der Waals surface area (Å²) in [5.74, 6) is -0.0695. The first kappa shape index (κ1) is 10.9. The quantitative estimate of drug-likeness (QED) is 0.869. The number of carbonyl (C=O) groups excluding carboxylic acids is 1. The van der Waals surface area contributed by atoms with Gasteiger partial charge in [0.05, 0.1) is 21.4 Å². The van der Waals surface area contributed by atoms with Gasteiger partial charge in [0, 0.05) is 6.61 Å². The molecule has 0 radical (unpaired) electrons. The molecule has 0 saturated carbocycles. The highest BCUT2D eigenvalue weighted by Crippen LogP contribution is 2.23. The smallest absolute Gasteiger partial charge is 0.261 e. The molecule has 1 saturated heterocycles. The van der Waals surface area contributed by atoms with E-state index in [2.05, 4.69) is 5.32 Å². The number of carbonyl (C=O) groups is 1. The molecule has 82 valence electrons. The normalized spacial score (nSPS) is 25.5. The van der Waals surface area contributed by atoms with Crippen LogP contribution in [0.15, 0.2) is 12.1 Å². The minimum Gasteiger partial charge on any atom is -0.379 e. The van der Waals surface area contributed by atoms with Crippen LogP contribution in [0, 0.1) is 0 Å². The first-order chi connectivity index (χ1) is 7.09. The van der Waals surface area contributed by atoms with Crippen LogP contribution in [-0.2, 0) is 4.74 Å². The summed E-state index contributed by atoms with van der Waals surface area (Å²) in [6, 6.07) is 3.47. The molecule has 0 bridgehead atoms. The van der Waals surface area contributed by atoms with E-state index >= 15 is 0 Å². The second-order valence-electron chi connectivity index (χ2n) is 3.92. The van der Waals surface area contributed by atoms with Crippen LogP contribution < -0.4 is 5.32 Å². The molecule has 1 aliphatic rings. The van der Waals surface area contributed by atoms with Gasteiger partial charge in [0.1, 0.15) is 0 Å². The first-order valence-electron chi connectivity index (χ1n) is 4.75. The molecular weight excluding hydrogens is 234 g/mol. The largest absolute Gasteiger partial charge is 0.379 e. The summed E-state index contributed by atoms with van der Waals surface area (Å²) in [6.45, 7) is 3.28. The van der Waals surface area contributed by atoms with Crippen molar-refractivity contribution in [3.05, 3.63) is 21.3 Å². The zero-order chi connectivity index (χ0) is 10.9. The van der Waals surface area contributed by atoms with Gasteiger partial charge in [0.25, 0.3) is 5.91 Å². The molecule has 1 aromatic rings. The van der Waals surface area contributed by atoms with E-state index in [1.807, 2.05) is 6.92 Å². The van der Waals surface area contributed by atoms with Gasteiger partial charge in [-0.05, 0) is 25.5 Å². The van der Waals surface area contributed by atoms with Crippen LogP contribution in [0.25, 0.3) is 0 Å². The van der Waals surface area contributed by atoms with Crippen LogP contribution in [0.3, 0.4) is 0 Å². The summed E-state index contributed by atoms with van der Waals surface area (Å²) in [5, 5.41) is 2.97.